The van der Waals surface area contributed by atoms with Gasteiger partial charge in [0.25, 0.3) is 0 Å². The van der Waals surface area contributed by atoms with Crippen molar-refractivity contribution in [3.63, 3.8) is 0 Å². The Morgan fingerprint density at radius 1 is 1.29 bits per heavy atom. The fourth-order valence-electron chi connectivity index (χ4n) is 1.88. The lowest BCUT2D eigenvalue weighted by Gasteiger charge is -2.12. The van der Waals surface area contributed by atoms with Gasteiger partial charge in [-0.05, 0) is 36.8 Å². The molecule has 0 unspecified atom stereocenters. The lowest BCUT2D eigenvalue weighted by Crippen LogP contribution is -2.10. The van der Waals surface area contributed by atoms with Gasteiger partial charge >= 0.3 is 5.97 Å². The summed E-state index contributed by atoms with van der Waals surface area (Å²) in [4.78, 5) is 11.9. The standard InChI is InChI=1S/C16H15BrFNO2/c1-2-21-16(20)13-5-3-4-6-15(13)19-10-11-7-8-12(18)9-14(11)17/h3-9,19H,2,10H2,1H3. The molecule has 1 N–H and O–H groups in total. The van der Waals surface area contributed by atoms with E-state index in [1.54, 1.807) is 25.1 Å². The number of hydrogen-bond acceptors (Lipinski definition) is 3. The van der Waals surface area contributed by atoms with Gasteiger partial charge in [-0.1, -0.05) is 34.1 Å². The van der Waals surface area contributed by atoms with Gasteiger partial charge in [-0.15, -0.1) is 0 Å². The van der Waals surface area contributed by atoms with Crippen LogP contribution in [0.25, 0.3) is 0 Å². The average molecular weight is 352 g/mol. The van der Waals surface area contributed by atoms with Crippen molar-refractivity contribution in [2.45, 2.75) is 13.5 Å². The van der Waals surface area contributed by atoms with E-state index >= 15 is 0 Å². The molecule has 0 aliphatic heterocycles. The van der Waals surface area contributed by atoms with Crippen LogP contribution in [-0.2, 0) is 11.3 Å². The Labute approximate surface area is 131 Å². The highest BCUT2D eigenvalue weighted by Gasteiger charge is 2.11. The van der Waals surface area contributed by atoms with E-state index in [9.17, 15) is 9.18 Å². The Bertz CT molecular complexity index is 646. The third kappa shape index (κ3) is 4.04. The van der Waals surface area contributed by atoms with Gasteiger partial charge in [-0.3, -0.25) is 0 Å². The summed E-state index contributed by atoms with van der Waals surface area (Å²) in [7, 11) is 0. The highest BCUT2D eigenvalue weighted by molar-refractivity contribution is 9.10. The van der Waals surface area contributed by atoms with Crippen LogP contribution in [0.2, 0.25) is 0 Å². The zero-order chi connectivity index (χ0) is 15.2. The second-order valence-corrected chi connectivity index (χ2v) is 5.21. The van der Waals surface area contributed by atoms with E-state index in [1.165, 1.54) is 12.1 Å². The zero-order valence-electron chi connectivity index (χ0n) is 11.5. The predicted molar refractivity (Wildman–Crippen MR) is 83.8 cm³/mol. The quantitative estimate of drug-likeness (QED) is 0.812. The molecule has 2 aromatic carbocycles. The lowest BCUT2D eigenvalue weighted by atomic mass is 10.1. The maximum atomic E-state index is 13.1. The van der Waals surface area contributed by atoms with Gasteiger partial charge < -0.3 is 10.1 Å². The van der Waals surface area contributed by atoms with Crippen LogP contribution in [0.15, 0.2) is 46.9 Å². The number of anilines is 1. The molecule has 3 nitrogen and oxygen atoms in total. The van der Waals surface area contributed by atoms with Gasteiger partial charge in [0.05, 0.1) is 12.2 Å². The van der Waals surface area contributed by atoms with Gasteiger partial charge in [-0.2, -0.15) is 0 Å². The summed E-state index contributed by atoms with van der Waals surface area (Å²) in [5, 5.41) is 3.18. The monoisotopic (exact) mass is 351 g/mol. The smallest absolute Gasteiger partial charge is 0.340 e. The Balaban J connectivity index is 2.14. The maximum Gasteiger partial charge on any atom is 0.340 e. The Morgan fingerprint density at radius 2 is 2.05 bits per heavy atom. The summed E-state index contributed by atoms with van der Waals surface area (Å²) in [5.41, 5.74) is 2.07. The summed E-state index contributed by atoms with van der Waals surface area (Å²) in [6.45, 7) is 2.57. The Hall–Kier alpha value is -1.88. The number of esters is 1. The number of ether oxygens (including phenoxy) is 1. The molecule has 21 heavy (non-hydrogen) atoms. The van der Waals surface area contributed by atoms with Crippen molar-refractivity contribution in [1.29, 1.82) is 0 Å². The zero-order valence-corrected chi connectivity index (χ0v) is 13.1. The number of benzene rings is 2. The molecular formula is C16H15BrFNO2. The van der Waals surface area contributed by atoms with Crippen molar-refractivity contribution in [3.8, 4) is 0 Å². The van der Waals surface area contributed by atoms with E-state index in [0.717, 1.165) is 5.56 Å². The molecule has 2 aromatic rings. The van der Waals surface area contributed by atoms with Crippen molar-refractivity contribution in [2.24, 2.45) is 0 Å². The molecule has 0 amide bonds. The highest BCUT2D eigenvalue weighted by atomic mass is 79.9. The number of hydrogen-bond donors (Lipinski definition) is 1. The third-order valence-electron chi connectivity index (χ3n) is 2.91. The van der Waals surface area contributed by atoms with Crippen LogP contribution in [0.3, 0.4) is 0 Å². The minimum absolute atomic E-state index is 0.294. The maximum absolute atomic E-state index is 13.1. The van der Waals surface area contributed by atoms with Crippen LogP contribution < -0.4 is 5.32 Å². The first-order valence-corrected chi connectivity index (χ1v) is 7.35. The number of carbonyl (C=O) groups is 1. The number of rotatable bonds is 5. The molecule has 0 spiro atoms. The van der Waals surface area contributed by atoms with Crippen molar-refractivity contribution in [3.05, 3.63) is 63.9 Å². The van der Waals surface area contributed by atoms with E-state index in [-0.39, 0.29) is 11.8 Å². The van der Waals surface area contributed by atoms with Crippen molar-refractivity contribution in [2.75, 3.05) is 11.9 Å². The molecule has 0 radical (unpaired) electrons. The molecule has 0 saturated heterocycles. The molecule has 110 valence electrons. The molecule has 5 heteroatoms. The molecule has 0 aliphatic rings. The van der Waals surface area contributed by atoms with Gasteiger partial charge in [0.1, 0.15) is 5.82 Å². The fraction of sp³-hybridized carbons (Fsp3) is 0.188. The molecular weight excluding hydrogens is 337 g/mol. The fourth-order valence-corrected chi connectivity index (χ4v) is 2.37. The molecule has 0 fully saturated rings. The minimum Gasteiger partial charge on any atom is -0.462 e. The molecule has 0 bridgehead atoms. The van der Waals surface area contributed by atoms with Crippen LogP contribution in [0.5, 0.6) is 0 Å². The first kappa shape index (κ1) is 15.5. The Kier molecular flexibility index (Phi) is 5.33. The number of nitrogens with one attached hydrogen (secondary N) is 1. The van der Waals surface area contributed by atoms with E-state index in [0.29, 0.717) is 28.9 Å². The molecule has 0 aromatic heterocycles. The molecule has 2 rings (SSSR count). The van der Waals surface area contributed by atoms with Crippen LogP contribution in [0, 0.1) is 5.82 Å². The summed E-state index contributed by atoms with van der Waals surface area (Å²) in [6.07, 6.45) is 0. The number of para-hydroxylation sites is 1. The summed E-state index contributed by atoms with van der Waals surface area (Å²) in [5.74, 6) is -0.656. The average Bonchev–Trinajstić information content (AvgIpc) is 2.47. The van der Waals surface area contributed by atoms with Crippen LogP contribution in [0.1, 0.15) is 22.8 Å². The van der Waals surface area contributed by atoms with Crippen LogP contribution in [-0.4, -0.2) is 12.6 Å². The summed E-state index contributed by atoms with van der Waals surface area (Å²) in [6, 6.07) is 11.6. The normalized spacial score (nSPS) is 10.2. The second kappa shape index (κ2) is 7.22. The van der Waals surface area contributed by atoms with Crippen LogP contribution >= 0.6 is 15.9 Å². The molecule has 0 heterocycles. The summed E-state index contributed by atoms with van der Waals surface area (Å²) < 4.78 is 18.8. The topological polar surface area (TPSA) is 38.3 Å². The van der Waals surface area contributed by atoms with Crippen molar-refractivity contribution in [1.82, 2.24) is 0 Å². The van der Waals surface area contributed by atoms with E-state index in [2.05, 4.69) is 21.2 Å². The first-order valence-electron chi connectivity index (χ1n) is 6.55. The Morgan fingerprint density at radius 3 is 2.76 bits per heavy atom. The van der Waals surface area contributed by atoms with Crippen molar-refractivity contribution < 1.29 is 13.9 Å². The van der Waals surface area contributed by atoms with E-state index < -0.39 is 0 Å². The number of carbonyl (C=O) groups excluding carboxylic acids is 1. The minimum atomic E-state index is -0.362. The van der Waals surface area contributed by atoms with Crippen molar-refractivity contribution >= 4 is 27.6 Å². The van der Waals surface area contributed by atoms with E-state index in [1.807, 2.05) is 12.1 Å². The summed E-state index contributed by atoms with van der Waals surface area (Å²) >= 11 is 3.32. The predicted octanol–water partition coefficient (Wildman–Crippen LogP) is 4.38. The molecule has 0 aliphatic carbocycles. The second-order valence-electron chi connectivity index (χ2n) is 4.36. The van der Waals surface area contributed by atoms with Gasteiger partial charge in [0, 0.05) is 16.7 Å². The third-order valence-corrected chi connectivity index (χ3v) is 3.65. The molecule has 0 saturated carbocycles. The SMILES string of the molecule is CCOC(=O)c1ccccc1NCc1ccc(F)cc1Br. The number of halogens is 2. The van der Waals surface area contributed by atoms with Crippen LogP contribution in [0.4, 0.5) is 10.1 Å². The van der Waals surface area contributed by atoms with Gasteiger partial charge in [0.2, 0.25) is 0 Å². The lowest BCUT2D eigenvalue weighted by molar-refractivity contribution is 0.0527. The molecule has 0 atom stereocenters. The van der Waals surface area contributed by atoms with Gasteiger partial charge in [0.15, 0.2) is 0 Å². The highest BCUT2D eigenvalue weighted by Crippen LogP contribution is 2.21. The first-order chi connectivity index (χ1) is 10.1. The largest absolute Gasteiger partial charge is 0.462 e. The van der Waals surface area contributed by atoms with E-state index in [4.69, 9.17) is 4.74 Å². The van der Waals surface area contributed by atoms with Gasteiger partial charge in [-0.25, -0.2) is 9.18 Å².